The van der Waals surface area contributed by atoms with Crippen LogP contribution in [0.3, 0.4) is 0 Å². The van der Waals surface area contributed by atoms with Crippen LogP contribution in [0.2, 0.25) is 0 Å². The number of hydrogen-bond acceptors (Lipinski definition) is 7. The predicted octanol–water partition coefficient (Wildman–Crippen LogP) is 2.55. The lowest BCUT2D eigenvalue weighted by molar-refractivity contribution is -0.0375. The number of halogens is 1. The Hall–Kier alpha value is -2.29. The fourth-order valence-corrected chi connectivity index (χ4v) is 5.10. The molecule has 0 bridgehead atoms. The second kappa shape index (κ2) is 7.14. The highest BCUT2D eigenvalue weighted by atomic mass is 19.1. The molecule has 0 unspecified atom stereocenters. The molecule has 3 saturated carbocycles. The SMILES string of the molecule is Nc1nc(N2C[C@H]3C[C@@H](n4cc(C5CC5)nn4)[C@H](OCC4CC4)C[C@H]3C2)ncc1F. The molecule has 6 rings (SSSR count). The molecule has 2 N–H and O–H groups in total. The number of nitrogen functional groups attached to an aromatic ring is 1. The molecule has 0 aromatic carbocycles. The van der Waals surface area contributed by atoms with Crippen molar-refractivity contribution in [3.05, 3.63) is 23.9 Å². The highest BCUT2D eigenvalue weighted by molar-refractivity contribution is 5.40. The topological polar surface area (TPSA) is 95.0 Å². The molecule has 3 aliphatic carbocycles. The Morgan fingerprint density at radius 3 is 2.67 bits per heavy atom. The zero-order chi connectivity index (χ0) is 20.2. The van der Waals surface area contributed by atoms with Crippen LogP contribution in [0.5, 0.6) is 0 Å². The van der Waals surface area contributed by atoms with Gasteiger partial charge in [0.2, 0.25) is 5.95 Å². The highest BCUT2D eigenvalue weighted by Crippen LogP contribution is 2.45. The van der Waals surface area contributed by atoms with E-state index in [1.54, 1.807) is 0 Å². The first-order valence-corrected chi connectivity index (χ1v) is 11.2. The summed E-state index contributed by atoms with van der Waals surface area (Å²) in [6.45, 7) is 2.56. The lowest BCUT2D eigenvalue weighted by Gasteiger charge is -2.37. The molecule has 0 spiro atoms. The van der Waals surface area contributed by atoms with Crippen LogP contribution in [-0.4, -0.2) is 50.8 Å². The van der Waals surface area contributed by atoms with Crippen molar-refractivity contribution < 1.29 is 9.13 Å². The van der Waals surface area contributed by atoms with Gasteiger partial charge in [-0.1, -0.05) is 5.21 Å². The number of hydrogen-bond donors (Lipinski definition) is 1. The third-order valence-corrected chi connectivity index (χ3v) is 7.23. The van der Waals surface area contributed by atoms with E-state index in [1.165, 1.54) is 31.9 Å². The number of anilines is 2. The number of nitrogens with zero attached hydrogens (tertiary/aromatic N) is 6. The van der Waals surface area contributed by atoms with Gasteiger partial charge in [0, 0.05) is 31.8 Å². The molecule has 160 valence electrons. The fourth-order valence-electron chi connectivity index (χ4n) is 5.10. The van der Waals surface area contributed by atoms with Crippen LogP contribution in [0.1, 0.15) is 56.2 Å². The molecule has 2 aromatic heterocycles. The lowest BCUT2D eigenvalue weighted by atomic mass is 9.77. The summed E-state index contributed by atoms with van der Waals surface area (Å²) in [6.07, 6.45) is 10.5. The third-order valence-electron chi connectivity index (χ3n) is 7.23. The van der Waals surface area contributed by atoms with Crippen LogP contribution in [0.15, 0.2) is 12.4 Å². The maximum Gasteiger partial charge on any atom is 0.227 e. The predicted molar refractivity (Wildman–Crippen MR) is 108 cm³/mol. The first-order chi connectivity index (χ1) is 14.6. The molecule has 0 amide bonds. The van der Waals surface area contributed by atoms with Gasteiger partial charge in [0.15, 0.2) is 11.6 Å². The summed E-state index contributed by atoms with van der Waals surface area (Å²) in [4.78, 5) is 10.5. The largest absolute Gasteiger partial charge is 0.381 e. The minimum Gasteiger partial charge on any atom is -0.381 e. The minimum atomic E-state index is -0.568. The van der Waals surface area contributed by atoms with Gasteiger partial charge in [-0.05, 0) is 56.3 Å². The molecule has 1 saturated heterocycles. The lowest BCUT2D eigenvalue weighted by Crippen LogP contribution is -2.38. The number of ether oxygens (including phenoxy) is 1. The van der Waals surface area contributed by atoms with Gasteiger partial charge >= 0.3 is 0 Å². The molecule has 30 heavy (non-hydrogen) atoms. The maximum absolute atomic E-state index is 13.5. The van der Waals surface area contributed by atoms with Crippen LogP contribution in [-0.2, 0) is 4.74 Å². The van der Waals surface area contributed by atoms with E-state index in [4.69, 9.17) is 10.5 Å². The zero-order valence-corrected chi connectivity index (χ0v) is 17.0. The summed E-state index contributed by atoms with van der Waals surface area (Å²) in [7, 11) is 0. The summed E-state index contributed by atoms with van der Waals surface area (Å²) >= 11 is 0. The Labute approximate surface area is 175 Å². The summed E-state index contributed by atoms with van der Waals surface area (Å²) in [5.41, 5.74) is 6.80. The van der Waals surface area contributed by atoms with Crippen LogP contribution in [0, 0.1) is 23.6 Å². The molecule has 3 heterocycles. The second-order valence-electron chi connectivity index (χ2n) is 9.58. The Kier molecular flexibility index (Phi) is 4.40. The average molecular weight is 414 g/mol. The first-order valence-electron chi connectivity index (χ1n) is 11.2. The van der Waals surface area contributed by atoms with Gasteiger partial charge in [0.25, 0.3) is 0 Å². The molecule has 9 heteroatoms. The van der Waals surface area contributed by atoms with Crippen LogP contribution in [0.4, 0.5) is 16.2 Å². The van der Waals surface area contributed by atoms with Gasteiger partial charge < -0.3 is 15.4 Å². The van der Waals surface area contributed by atoms with Crippen molar-refractivity contribution in [2.24, 2.45) is 17.8 Å². The molecule has 0 radical (unpaired) electrons. The second-order valence-corrected chi connectivity index (χ2v) is 9.58. The first kappa shape index (κ1) is 18.5. The standard InChI is InChI=1S/C21H28FN7O/c22-16-7-24-21(25-20(16)23)28-8-14-5-18(29-10-17(26-27-29)13-3-4-13)19(6-15(14)9-28)30-11-12-1-2-12/h7,10,12-15,18-19H,1-6,8-9,11H2,(H2,23,24,25)/t14-,15+,18-,19-/m1/s1. The van der Waals surface area contributed by atoms with Crippen molar-refractivity contribution >= 4 is 11.8 Å². The number of aromatic nitrogens is 5. The molecule has 4 atom stereocenters. The number of nitrogens with two attached hydrogens (primary N) is 1. The minimum absolute atomic E-state index is 0.0892. The van der Waals surface area contributed by atoms with Gasteiger partial charge in [-0.25, -0.2) is 14.1 Å². The Balaban J connectivity index is 1.21. The van der Waals surface area contributed by atoms with Crippen molar-refractivity contribution in [2.75, 3.05) is 30.3 Å². The van der Waals surface area contributed by atoms with Crippen molar-refractivity contribution in [1.82, 2.24) is 25.0 Å². The summed E-state index contributed by atoms with van der Waals surface area (Å²) in [5, 5.41) is 8.94. The van der Waals surface area contributed by atoms with Gasteiger partial charge in [0.05, 0.1) is 24.0 Å². The van der Waals surface area contributed by atoms with E-state index in [1.807, 2.05) is 0 Å². The van der Waals surface area contributed by atoms with E-state index in [0.717, 1.165) is 44.1 Å². The maximum atomic E-state index is 13.5. The molecular formula is C21H28FN7O. The Morgan fingerprint density at radius 2 is 1.93 bits per heavy atom. The van der Waals surface area contributed by atoms with Crippen LogP contribution in [0.25, 0.3) is 0 Å². The van der Waals surface area contributed by atoms with Crippen LogP contribution < -0.4 is 10.6 Å². The van der Waals surface area contributed by atoms with Gasteiger partial charge in [-0.15, -0.1) is 5.10 Å². The molecule has 1 aliphatic heterocycles. The van der Waals surface area contributed by atoms with Crippen molar-refractivity contribution in [3.63, 3.8) is 0 Å². The van der Waals surface area contributed by atoms with Crippen molar-refractivity contribution in [3.8, 4) is 0 Å². The Bertz CT molecular complexity index is 928. The normalized spacial score (nSPS) is 31.2. The van der Waals surface area contributed by atoms with E-state index >= 15 is 0 Å². The fraction of sp³-hybridized carbons (Fsp3) is 0.714. The van der Waals surface area contributed by atoms with Crippen molar-refractivity contribution in [1.29, 1.82) is 0 Å². The quantitative estimate of drug-likeness (QED) is 0.778. The van der Waals surface area contributed by atoms with Gasteiger partial charge in [-0.2, -0.15) is 4.98 Å². The molecule has 8 nitrogen and oxygen atoms in total. The summed E-state index contributed by atoms with van der Waals surface area (Å²) in [6, 6.07) is 0.212. The molecular weight excluding hydrogens is 385 g/mol. The van der Waals surface area contributed by atoms with E-state index < -0.39 is 5.82 Å². The monoisotopic (exact) mass is 413 g/mol. The zero-order valence-electron chi connectivity index (χ0n) is 17.0. The molecule has 4 fully saturated rings. The smallest absolute Gasteiger partial charge is 0.227 e. The third kappa shape index (κ3) is 3.53. The Morgan fingerprint density at radius 1 is 1.13 bits per heavy atom. The van der Waals surface area contributed by atoms with E-state index in [-0.39, 0.29) is 18.0 Å². The van der Waals surface area contributed by atoms with E-state index in [2.05, 4.69) is 36.1 Å². The van der Waals surface area contributed by atoms with Crippen LogP contribution >= 0.6 is 0 Å². The number of rotatable bonds is 6. The van der Waals surface area contributed by atoms with Gasteiger partial charge in [-0.3, -0.25) is 0 Å². The van der Waals surface area contributed by atoms with E-state index in [0.29, 0.717) is 23.7 Å². The van der Waals surface area contributed by atoms with Crippen molar-refractivity contribution in [2.45, 2.75) is 56.6 Å². The average Bonchev–Trinajstić information content (AvgIpc) is 3.67. The van der Waals surface area contributed by atoms with Gasteiger partial charge in [0.1, 0.15) is 0 Å². The number of fused-ring (bicyclic) bond motifs is 1. The summed E-state index contributed by atoms with van der Waals surface area (Å²) < 4.78 is 22.0. The van der Waals surface area contributed by atoms with E-state index in [9.17, 15) is 4.39 Å². The molecule has 4 aliphatic rings. The molecule has 2 aromatic rings. The highest BCUT2D eigenvalue weighted by Gasteiger charge is 2.45. The summed E-state index contributed by atoms with van der Waals surface area (Å²) in [5.74, 6) is 2.20.